The Morgan fingerprint density at radius 2 is 1.81 bits per heavy atom. The summed E-state index contributed by atoms with van der Waals surface area (Å²) in [6, 6.07) is 6.77. The molecule has 0 bridgehead atoms. The molecule has 1 aromatic carbocycles. The Morgan fingerprint density at radius 3 is 2.50 bits per heavy atom. The van der Waals surface area contributed by atoms with Gasteiger partial charge in [-0.05, 0) is 48.7 Å². The van der Waals surface area contributed by atoms with E-state index in [1.807, 2.05) is 26.0 Å². The summed E-state index contributed by atoms with van der Waals surface area (Å²) in [5, 5.41) is 0. The fourth-order valence-corrected chi connectivity index (χ4v) is 1.70. The van der Waals surface area contributed by atoms with E-state index in [0.717, 1.165) is 22.3 Å². The smallest absolute Gasteiger partial charge is 0.131 e. The van der Waals surface area contributed by atoms with Crippen LogP contribution < -0.4 is 5.73 Å². The van der Waals surface area contributed by atoms with Crippen molar-refractivity contribution in [2.75, 3.05) is 5.73 Å². The first-order valence-electron chi connectivity index (χ1n) is 5.06. The maximum Gasteiger partial charge on any atom is 0.131 e. The molecule has 0 aliphatic carbocycles. The van der Waals surface area contributed by atoms with E-state index in [1.165, 1.54) is 12.1 Å². The number of hydrogen-bond donors (Lipinski definition) is 1. The van der Waals surface area contributed by atoms with Gasteiger partial charge in [-0.15, -0.1) is 0 Å². The summed E-state index contributed by atoms with van der Waals surface area (Å²) in [4.78, 5) is 4.07. The van der Waals surface area contributed by atoms with Gasteiger partial charge >= 0.3 is 0 Å². The van der Waals surface area contributed by atoms with Crippen molar-refractivity contribution in [1.29, 1.82) is 0 Å². The molecule has 2 N–H and O–H groups in total. The third kappa shape index (κ3) is 2.03. The molecule has 16 heavy (non-hydrogen) atoms. The quantitative estimate of drug-likeness (QED) is 0.795. The molecule has 0 saturated heterocycles. The number of aryl methyl sites for hydroxylation is 2. The normalized spacial score (nSPS) is 10.4. The first-order chi connectivity index (χ1) is 7.56. The average Bonchev–Trinajstić information content (AvgIpc) is 2.20. The zero-order valence-electron chi connectivity index (χ0n) is 9.29. The number of halogens is 1. The first kappa shape index (κ1) is 10.6. The molecule has 0 unspecified atom stereocenters. The topological polar surface area (TPSA) is 38.9 Å². The fraction of sp³-hybridized carbons (Fsp3) is 0.154. The third-order valence-electron chi connectivity index (χ3n) is 2.41. The molecule has 0 fully saturated rings. The second-order valence-corrected chi connectivity index (χ2v) is 3.96. The zero-order valence-corrected chi connectivity index (χ0v) is 9.29. The summed E-state index contributed by atoms with van der Waals surface area (Å²) in [6.45, 7) is 3.79. The van der Waals surface area contributed by atoms with Gasteiger partial charge in [0.15, 0.2) is 0 Å². The third-order valence-corrected chi connectivity index (χ3v) is 2.41. The lowest BCUT2D eigenvalue weighted by molar-refractivity contribution is 0.627. The molecule has 82 valence electrons. The van der Waals surface area contributed by atoms with Crippen LogP contribution in [0.1, 0.15) is 11.1 Å². The monoisotopic (exact) mass is 216 g/mol. The van der Waals surface area contributed by atoms with Crippen LogP contribution >= 0.6 is 0 Å². The molecule has 2 aromatic rings. The van der Waals surface area contributed by atoms with Gasteiger partial charge in [0, 0.05) is 11.8 Å². The Labute approximate surface area is 93.9 Å². The van der Waals surface area contributed by atoms with Gasteiger partial charge in [-0.1, -0.05) is 6.07 Å². The highest BCUT2D eigenvalue weighted by atomic mass is 19.1. The fourth-order valence-electron chi connectivity index (χ4n) is 1.70. The van der Waals surface area contributed by atoms with Crippen LogP contribution in [0.15, 0.2) is 30.5 Å². The molecule has 1 aromatic heterocycles. The van der Waals surface area contributed by atoms with Crippen LogP contribution in [0.3, 0.4) is 0 Å². The van der Waals surface area contributed by atoms with Crippen LogP contribution in [0.25, 0.3) is 11.1 Å². The summed E-state index contributed by atoms with van der Waals surface area (Å²) in [7, 11) is 0. The molecule has 0 atom stereocenters. The van der Waals surface area contributed by atoms with Crippen LogP contribution in [-0.4, -0.2) is 4.98 Å². The SMILES string of the molecule is Cc1cc(F)cc(-c2cc(C)cnc2N)c1. The first-order valence-corrected chi connectivity index (χ1v) is 5.06. The highest BCUT2D eigenvalue weighted by Gasteiger charge is 2.06. The predicted molar refractivity (Wildman–Crippen MR) is 63.5 cm³/mol. The van der Waals surface area contributed by atoms with Crippen molar-refractivity contribution in [3.05, 3.63) is 47.4 Å². The van der Waals surface area contributed by atoms with Gasteiger partial charge in [-0.25, -0.2) is 9.37 Å². The summed E-state index contributed by atoms with van der Waals surface area (Å²) >= 11 is 0. The molecule has 0 saturated carbocycles. The van der Waals surface area contributed by atoms with Crippen molar-refractivity contribution in [2.24, 2.45) is 0 Å². The molecule has 2 nitrogen and oxygen atoms in total. The largest absolute Gasteiger partial charge is 0.383 e. The highest BCUT2D eigenvalue weighted by Crippen LogP contribution is 2.26. The average molecular weight is 216 g/mol. The summed E-state index contributed by atoms with van der Waals surface area (Å²) in [5.74, 6) is 0.173. The minimum absolute atomic E-state index is 0.254. The second kappa shape index (κ2) is 3.93. The maximum atomic E-state index is 13.3. The lowest BCUT2D eigenvalue weighted by atomic mass is 10.0. The molecule has 0 spiro atoms. The number of nitrogens with zero attached hydrogens (tertiary/aromatic N) is 1. The predicted octanol–water partition coefficient (Wildman–Crippen LogP) is 3.09. The minimum atomic E-state index is -0.254. The number of benzene rings is 1. The van der Waals surface area contributed by atoms with Crippen LogP contribution in [-0.2, 0) is 0 Å². The van der Waals surface area contributed by atoms with Gasteiger partial charge in [0.25, 0.3) is 0 Å². The van der Waals surface area contributed by atoms with Crippen molar-refractivity contribution in [3.63, 3.8) is 0 Å². The van der Waals surface area contributed by atoms with Crippen LogP contribution in [0, 0.1) is 19.7 Å². The van der Waals surface area contributed by atoms with E-state index in [0.29, 0.717) is 5.82 Å². The van der Waals surface area contributed by atoms with Crippen molar-refractivity contribution in [3.8, 4) is 11.1 Å². The maximum absolute atomic E-state index is 13.3. The van der Waals surface area contributed by atoms with Crippen LogP contribution in [0.4, 0.5) is 10.2 Å². The summed E-state index contributed by atoms with van der Waals surface area (Å²) in [5.41, 5.74) is 9.21. The van der Waals surface area contributed by atoms with Crippen molar-refractivity contribution >= 4 is 5.82 Å². The van der Waals surface area contributed by atoms with Crippen molar-refractivity contribution < 1.29 is 4.39 Å². The number of aromatic nitrogens is 1. The summed E-state index contributed by atoms with van der Waals surface area (Å²) in [6.07, 6.45) is 1.70. The Hall–Kier alpha value is -1.90. The van der Waals surface area contributed by atoms with E-state index in [4.69, 9.17) is 5.73 Å². The van der Waals surface area contributed by atoms with Crippen LogP contribution in [0.2, 0.25) is 0 Å². The number of rotatable bonds is 1. The van der Waals surface area contributed by atoms with Crippen LogP contribution in [0.5, 0.6) is 0 Å². The van der Waals surface area contributed by atoms with E-state index in [-0.39, 0.29) is 5.82 Å². The minimum Gasteiger partial charge on any atom is -0.383 e. The van der Waals surface area contributed by atoms with Crippen molar-refractivity contribution in [1.82, 2.24) is 4.98 Å². The number of pyridine rings is 1. The molecular weight excluding hydrogens is 203 g/mol. The Kier molecular flexibility index (Phi) is 2.60. The highest BCUT2D eigenvalue weighted by molar-refractivity contribution is 5.74. The Balaban J connectivity index is 2.62. The zero-order chi connectivity index (χ0) is 11.7. The number of anilines is 1. The standard InChI is InChI=1S/C13H13FN2/c1-8-3-10(6-11(14)4-8)12-5-9(2)7-16-13(12)15/h3-7H,1-2H3,(H2,15,16). The molecule has 3 heteroatoms. The van der Waals surface area contributed by atoms with Gasteiger partial charge in [0.2, 0.25) is 0 Å². The molecule has 1 heterocycles. The molecular formula is C13H13FN2. The molecule has 0 aliphatic rings. The van der Waals surface area contributed by atoms with Gasteiger partial charge in [-0.2, -0.15) is 0 Å². The lowest BCUT2D eigenvalue weighted by Crippen LogP contribution is -1.95. The van der Waals surface area contributed by atoms with Gasteiger partial charge in [-0.3, -0.25) is 0 Å². The number of nitrogen functional groups attached to an aromatic ring is 1. The van der Waals surface area contributed by atoms with E-state index >= 15 is 0 Å². The van der Waals surface area contributed by atoms with Gasteiger partial charge in [0.1, 0.15) is 11.6 Å². The lowest BCUT2D eigenvalue weighted by Gasteiger charge is -2.07. The second-order valence-electron chi connectivity index (χ2n) is 3.96. The van der Waals surface area contributed by atoms with E-state index in [1.54, 1.807) is 6.20 Å². The summed E-state index contributed by atoms with van der Waals surface area (Å²) < 4.78 is 13.3. The van der Waals surface area contributed by atoms with Gasteiger partial charge in [0.05, 0.1) is 0 Å². The Bertz CT molecular complexity index is 515. The van der Waals surface area contributed by atoms with E-state index < -0.39 is 0 Å². The van der Waals surface area contributed by atoms with E-state index in [2.05, 4.69) is 4.98 Å². The number of hydrogen-bond acceptors (Lipinski definition) is 2. The number of nitrogens with two attached hydrogens (primary N) is 1. The molecule has 0 radical (unpaired) electrons. The van der Waals surface area contributed by atoms with E-state index in [9.17, 15) is 4.39 Å². The molecule has 0 aliphatic heterocycles. The Morgan fingerprint density at radius 1 is 1.06 bits per heavy atom. The van der Waals surface area contributed by atoms with Gasteiger partial charge < -0.3 is 5.73 Å². The molecule has 0 amide bonds. The van der Waals surface area contributed by atoms with Crippen molar-refractivity contribution in [2.45, 2.75) is 13.8 Å². The molecule has 2 rings (SSSR count).